The maximum atomic E-state index is 13.3. The lowest BCUT2D eigenvalue weighted by Crippen LogP contribution is -2.34. The number of aliphatic hydroxyl groups excluding tert-OH is 1. The van der Waals surface area contributed by atoms with E-state index in [2.05, 4.69) is 10.1 Å². The van der Waals surface area contributed by atoms with Crippen molar-refractivity contribution in [2.75, 3.05) is 19.0 Å². The van der Waals surface area contributed by atoms with Crippen LogP contribution in [0.25, 0.3) is 0 Å². The van der Waals surface area contributed by atoms with Crippen LogP contribution >= 0.6 is 0 Å². The molecule has 0 saturated carbocycles. The van der Waals surface area contributed by atoms with Gasteiger partial charge in [-0.15, -0.1) is 0 Å². The monoisotopic (exact) mass is 258 g/mol. The quantitative estimate of drug-likeness (QED) is 0.457. The smallest absolute Gasteiger partial charge is 0.330 e. The van der Waals surface area contributed by atoms with Crippen molar-refractivity contribution in [3.63, 3.8) is 0 Å². The fourth-order valence-electron chi connectivity index (χ4n) is 1.33. The Bertz CT molecular complexity index is 466. The summed E-state index contributed by atoms with van der Waals surface area (Å²) in [4.78, 5) is 21.0. The Balaban J connectivity index is 3.06. The maximum Gasteiger partial charge on any atom is 0.330 e. The predicted octanol–water partition coefficient (Wildman–Crippen LogP) is 0.680. The van der Waals surface area contributed by atoms with Crippen molar-refractivity contribution >= 4 is 17.3 Å². The molecule has 0 amide bonds. The molecule has 1 aromatic rings. The zero-order valence-electron chi connectivity index (χ0n) is 9.42. The van der Waals surface area contributed by atoms with Crippen LogP contribution in [-0.2, 0) is 9.53 Å². The molecule has 0 bridgehead atoms. The summed E-state index contributed by atoms with van der Waals surface area (Å²) in [6.45, 7) is -0.639. The summed E-state index contributed by atoms with van der Waals surface area (Å²) in [7, 11) is 1.10. The first-order chi connectivity index (χ1) is 8.51. The average Bonchev–Trinajstić information content (AvgIpc) is 2.34. The first-order valence-electron chi connectivity index (χ1n) is 4.89. The van der Waals surface area contributed by atoms with E-state index in [0.29, 0.717) is 0 Å². The van der Waals surface area contributed by atoms with Crippen molar-refractivity contribution in [1.82, 2.24) is 0 Å². The summed E-state index contributed by atoms with van der Waals surface area (Å²) >= 11 is 0. The van der Waals surface area contributed by atoms with E-state index in [9.17, 15) is 19.3 Å². The third kappa shape index (κ3) is 2.92. The molecule has 0 heterocycles. The number of carbonyl (C=O) groups is 1. The number of esters is 1. The number of para-hydroxylation sites is 1. The molecule has 1 rings (SSSR count). The molecule has 0 aliphatic heterocycles. The third-order valence-corrected chi connectivity index (χ3v) is 2.17. The molecule has 1 unspecified atom stereocenters. The highest BCUT2D eigenvalue weighted by molar-refractivity contribution is 5.80. The van der Waals surface area contributed by atoms with Crippen molar-refractivity contribution < 1.29 is 24.0 Å². The number of hydrogen-bond donors (Lipinski definition) is 2. The number of methoxy groups -OCH3 is 1. The van der Waals surface area contributed by atoms with Crippen LogP contribution in [0.5, 0.6) is 0 Å². The molecular formula is C10H11FN2O5. The van der Waals surface area contributed by atoms with Gasteiger partial charge in [-0.25, -0.2) is 4.79 Å². The number of ether oxygens (including phenoxy) is 1. The van der Waals surface area contributed by atoms with Gasteiger partial charge in [0, 0.05) is 0 Å². The zero-order chi connectivity index (χ0) is 13.7. The number of nitro groups is 1. The van der Waals surface area contributed by atoms with E-state index < -0.39 is 35.0 Å². The minimum Gasteiger partial charge on any atom is -0.467 e. The van der Waals surface area contributed by atoms with Gasteiger partial charge in [0.1, 0.15) is 11.7 Å². The first kappa shape index (κ1) is 13.8. The summed E-state index contributed by atoms with van der Waals surface area (Å²) < 4.78 is 17.7. The lowest BCUT2D eigenvalue weighted by molar-refractivity contribution is -0.386. The van der Waals surface area contributed by atoms with E-state index in [1.54, 1.807) is 0 Å². The summed E-state index contributed by atoms with van der Waals surface area (Å²) in [6.07, 6.45) is 0. The molecule has 18 heavy (non-hydrogen) atoms. The molecule has 0 aliphatic carbocycles. The molecule has 98 valence electrons. The molecule has 2 N–H and O–H groups in total. The van der Waals surface area contributed by atoms with Crippen LogP contribution in [-0.4, -0.2) is 35.8 Å². The number of rotatable bonds is 5. The van der Waals surface area contributed by atoms with Crippen LogP contribution in [0, 0.1) is 15.9 Å². The van der Waals surface area contributed by atoms with E-state index in [4.69, 9.17) is 5.11 Å². The number of anilines is 1. The number of halogens is 1. The highest BCUT2D eigenvalue weighted by Crippen LogP contribution is 2.27. The lowest BCUT2D eigenvalue weighted by atomic mass is 10.2. The molecule has 1 atom stereocenters. The highest BCUT2D eigenvalue weighted by atomic mass is 19.1. The fourth-order valence-corrected chi connectivity index (χ4v) is 1.33. The predicted molar refractivity (Wildman–Crippen MR) is 59.6 cm³/mol. The Morgan fingerprint density at radius 1 is 1.67 bits per heavy atom. The van der Waals surface area contributed by atoms with Crippen LogP contribution in [0.2, 0.25) is 0 Å². The standard InChI is InChI=1S/C10H11FN2O5/c1-18-10(15)8(5-14)12-7-4-2-3-6(11)9(7)13(16)17/h2-4,8,12,14H,5H2,1H3. The van der Waals surface area contributed by atoms with Crippen molar-refractivity contribution in [3.8, 4) is 0 Å². The van der Waals surface area contributed by atoms with Crippen molar-refractivity contribution in [1.29, 1.82) is 0 Å². The number of nitrogens with zero attached hydrogens (tertiary/aromatic N) is 1. The third-order valence-electron chi connectivity index (χ3n) is 2.17. The van der Waals surface area contributed by atoms with E-state index in [0.717, 1.165) is 13.2 Å². The van der Waals surface area contributed by atoms with Crippen LogP contribution in [0.3, 0.4) is 0 Å². The second-order valence-electron chi connectivity index (χ2n) is 3.30. The van der Waals surface area contributed by atoms with Gasteiger partial charge in [-0.05, 0) is 12.1 Å². The van der Waals surface area contributed by atoms with Gasteiger partial charge in [-0.2, -0.15) is 4.39 Å². The van der Waals surface area contributed by atoms with Gasteiger partial charge in [0.2, 0.25) is 5.82 Å². The number of benzene rings is 1. The topological polar surface area (TPSA) is 102 Å². The minimum absolute atomic E-state index is 0.204. The van der Waals surface area contributed by atoms with Crippen LogP contribution in [0.1, 0.15) is 0 Å². The van der Waals surface area contributed by atoms with Gasteiger partial charge >= 0.3 is 11.7 Å². The molecule has 0 aliphatic rings. The molecule has 8 heteroatoms. The van der Waals surface area contributed by atoms with Crippen molar-refractivity contribution in [2.45, 2.75) is 6.04 Å². The summed E-state index contributed by atoms with van der Waals surface area (Å²) in [5.74, 6) is -1.84. The van der Waals surface area contributed by atoms with Crippen LogP contribution < -0.4 is 5.32 Å². The maximum absolute atomic E-state index is 13.3. The van der Waals surface area contributed by atoms with Crippen LogP contribution in [0.4, 0.5) is 15.8 Å². The van der Waals surface area contributed by atoms with E-state index in [1.807, 2.05) is 0 Å². The van der Waals surface area contributed by atoms with Gasteiger partial charge in [0.15, 0.2) is 0 Å². The fraction of sp³-hybridized carbons (Fsp3) is 0.300. The number of carbonyl (C=O) groups excluding carboxylic acids is 1. The molecule has 0 radical (unpaired) electrons. The number of hydrogen-bond acceptors (Lipinski definition) is 6. The van der Waals surface area contributed by atoms with Gasteiger partial charge in [0.05, 0.1) is 18.6 Å². The van der Waals surface area contributed by atoms with Crippen LogP contribution in [0.15, 0.2) is 18.2 Å². The molecule has 0 spiro atoms. The molecule has 0 saturated heterocycles. The molecular weight excluding hydrogens is 247 g/mol. The molecule has 0 fully saturated rings. The molecule has 7 nitrogen and oxygen atoms in total. The number of nitro benzene ring substituents is 1. The largest absolute Gasteiger partial charge is 0.467 e. The summed E-state index contributed by atoms with van der Waals surface area (Å²) in [6, 6.07) is 2.20. The summed E-state index contributed by atoms with van der Waals surface area (Å²) in [5, 5.41) is 22.0. The Hall–Kier alpha value is -2.22. The van der Waals surface area contributed by atoms with Gasteiger partial charge in [-0.1, -0.05) is 6.07 Å². The number of nitrogens with one attached hydrogen (secondary N) is 1. The van der Waals surface area contributed by atoms with E-state index in [1.165, 1.54) is 12.1 Å². The Kier molecular flexibility index (Phi) is 4.55. The van der Waals surface area contributed by atoms with E-state index in [-0.39, 0.29) is 5.69 Å². The zero-order valence-corrected chi connectivity index (χ0v) is 9.42. The minimum atomic E-state index is -1.20. The highest BCUT2D eigenvalue weighted by Gasteiger charge is 2.25. The lowest BCUT2D eigenvalue weighted by Gasteiger charge is -2.15. The second-order valence-corrected chi connectivity index (χ2v) is 3.30. The second kappa shape index (κ2) is 5.92. The van der Waals surface area contributed by atoms with Crippen molar-refractivity contribution in [2.24, 2.45) is 0 Å². The van der Waals surface area contributed by atoms with Crippen molar-refractivity contribution in [3.05, 3.63) is 34.1 Å². The van der Waals surface area contributed by atoms with Gasteiger partial charge in [0.25, 0.3) is 0 Å². The Morgan fingerprint density at radius 3 is 2.83 bits per heavy atom. The van der Waals surface area contributed by atoms with E-state index >= 15 is 0 Å². The van der Waals surface area contributed by atoms with Gasteiger partial charge < -0.3 is 15.2 Å². The van der Waals surface area contributed by atoms with Gasteiger partial charge in [-0.3, -0.25) is 10.1 Å². The Labute approximate surface area is 101 Å². The SMILES string of the molecule is COC(=O)C(CO)Nc1cccc(F)c1[N+](=O)[O-]. The average molecular weight is 258 g/mol. The summed E-state index contributed by atoms with van der Waals surface area (Å²) in [5.41, 5.74) is -0.996. The first-order valence-corrected chi connectivity index (χ1v) is 4.89. The Morgan fingerprint density at radius 2 is 2.33 bits per heavy atom. The number of aliphatic hydroxyl groups is 1. The molecule has 1 aromatic carbocycles. The molecule has 0 aromatic heterocycles. The normalized spacial score (nSPS) is 11.7.